The van der Waals surface area contributed by atoms with Gasteiger partial charge in [0.15, 0.2) is 0 Å². The van der Waals surface area contributed by atoms with Crippen molar-refractivity contribution in [2.75, 3.05) is 0 Å². The molecule has 3 atom stereocenters. The van der Waals surface area contributed by atoms with E-state index in [0.717, 1.165) is 23.8 Å². The standard InChI is InChI=1S/C27H31F2N/c1-2-3-4-5-6-18-7-11-23-20(13-18)8-9-21-14-19(10-12-24(21)23)22-15-26(28)25(17-30)27(29)16-22/h10,12,14-16,18,20,23H,2-9,11,13H2,1H3. The Labute approximate surface area is 179 Å². The third-order valence-corrected chi connectivity index (χ3v) is 7.37. The molecule has 3 unspecified atom stereocenters. The molecule has 0 amide bonds. The highest BCUT2D eigenvalue weighted by Gasteiger charge is 2.35. The number of fused-ring (bicyclic) bond motifs is 3. The molecule has 30 heavy (non-hydrogen) atoms. The average molecular weight is 408 g/mol. The Bertz CT molecular complexity index is 919. The zero-order chi connectivity index (χ0) is 21.1. The summed E-state index contributed by atoms with van der Waals surface area (Å²) >= 11 is 0. The summed E-state index contributed by atoms with van der Waals surface area (Å²) in [5.74, 6) is 0.751. The first kappa shape index (κ1) is 21.0. The summed E-state index contributed by atoms with van der Waals surface area (Å²) in [5.41, 5.74) is 3.61. The minimum absolute atomic E-state index is 0.504. The van der Waals surface area contributed by atoms with Crippen molar-refractivity contribution in [2.24, 2.45) is 11.8 Å². The van der Waals surface area contributed by atoms with E-state index in [1.807, 2.05) is 6.07 Å². The summed E-state index contributed by atoms with van der Waals surface area (Å²) in [7, 11) is 0. The maximum Gasteiger partial charge on any atom is 0.144 e. The third-order valence-electron chi connectivity index (χ3n) is 7.37. The fourth-order valence-electron chi connectivity index (χ4n) is 5.76. The number of benzene rings is 2. The smallest absolute Gasteiger partial charge is 0.144 e. The van der Waals surface area contributed by atoms with E-state index in [1.54, 1.807) is 6.07 Å². The maximum atomic E-state index is 14.1. The van der Waals surface area contributed by atoms with Crippen LogP contribution in [-0.2, 0) is 6.42 Å². The number of hydrogen-bond donors (Lipinski definition) is 0. The number of aryl methyl sites for hydroxylation is 1. The third kappa shape index (κ3) is 4.29. The van der Waals surface area contributed by atoms with Gasteiger partial charge in [-0.3, -0.25) is 0 Å². The van der Waals surface area contributed by atoms with Crippen LogP contribution in [0.2, 0.25) is 0 Å². The molecule has 2 aliphatic rings. The van der Waals surface area contributed by atoms with Gasteiger partial charge >= 0.3 is 0 Å². The van der Waals surface area contributed by atoms with E-state index < -0.39 is 17.2 Å². The Morgan fingerprint density at radius 2 is 1.77 bits per heavy atom. The summed E-state index contributed by atoms with van der Waals surface area (Å²) in [4.78, 5) is 0. The minimum Gasteiger partial charge on any atom is -0.205 e. The van der Waals surface area contributed by atoms with Crippen LogP contribution in [0.1, 0.15) is 87.3 Å². The van der Waals surface area contributed by atoms with Gasteiger partial charge in [-0.25, -0.2) is 8.78 Å². The lowest BCUT2D eigenvalue weighted by Crippen LogP contribution is -2.28. The predicted octanol–water partition coefficient (Wildman–Crippen LogP) is 7.92. The SMILES string of the molecule is CCCCCCC1CCC2c3ccc(-c4cc(F)c(C#N)c(F)c4)cc3CCC2C1. The minimum atomic E-state index is -0.789. The van der Waals surface area contributed by atoms with Gasteiger partial charge in [0.1, 0.15) is 23.3 Å². The lowest BCUT2D eigenvalue weighted by atomic mass is 9.64. The summed E-state index contributed by atoms with van der Waals surface area (Å²) in [6, 6.07) is 10.5. The Morgan fingerprint density at radius 3 is 2.50 bits per heavy atom. The lowest BCUT2D eigenvalue weighted by Gasteiger charge is -2.41. The Balaban J connectivity index is 1.48. The highest BCUT2D eigenvalue weighted by molar-refractivity contribution is 5.66. The molecule has 158 valence electrons. The van der Waals surface area contributed by atoms with Crippen LogP contribution in [0.15, 0.2) is 30.3 Å². The fraction of sp³-hybridized carbons (Fsp3) is 0.519. The molecular formula is C27H31F2N. The molecule has 3 heteroatoms. The molecule has 1 nitrogen and oxygen atoms in total. The monoisotopic (exact) mass is 407 g/mol. The second-order valence-corrected chi connectivity index (χ2v) is 9.27. The van der Waals surface area contributed by atoms with E-state index in [-0.39, 0.29) is 0 Å². The molecule has 0 spiro atoms. The van der Waals surface area contributed by atoms with E-state index in [2.05, 4.69) is 19.1 Å². The molecular weight excluding hydrogens is 376 g/mol. The van der Waals surface area contributed by atoms with Crippen molar-refractivity contribution in [3.05, 3.63) is 58.7 Å². The van der Waals surface area contributed by atoms with Crippen LogP contribution in [0.5, 0.6) is 0 Å². The Kier molecular flexibility index (Phi) is 6.52. The van der Waals surface area contributed by atoms with Gasteiger partial charge in [0.25, 0.3) is 0 Å². The molecule has 0 aromatic heterocycles. The first-order valence-electron chi connectivity index (χ1n) is 11.6. The highest BCUT2D eigenvalue weighted by Crippen LogP contribution is 2.48. The van der Waals surface area contributed by atoms with Crippen molar-refractivity contribution in [2.45, 2.75) is 77.0 Å². The highest BCUT2D eigenvalue weighted by atomic mass is 19.1. The molecule has 2 aromatic carbocycles. The zero-order valence-corrected chi connectivity index (χ0v) is 17.9. The first-order chi connectivity index (χ1) is 14.6. The molecule has 1 saturated carbocycles. The molecule has 0 heterocycles. The quantitative estimate of drug-likeness (QED) is 0.446. The summed E-state index contributed by atoms with van der Waals surface area (Å²) in [5, 5.41) is 8.89. The van der Waals surface area contributed by atoms with Gasteiger partial charge in [0, 0.05) is 0 Å². The predicted molar refractivity (Wildman–Crippen MR) is 117 cm³/mol. The van der Waals surface area contributed by atoms with Gasteiger partial charge in [0.2, 0.25) is 0 Å². The van der Waals surface area contributed by atoms with Crippen LogP contribution in [0.3, 0.4) is 0 Å². The van der Waals surface area contributed by atoms with Crippen LogP contribution in [0.25, 0.3) is 11.1 Å². The number of nitriles is 1. The van der Waals surface area contributed by atoms with Gasteiger partial charge in [-0.15, -0.1) is 0 Å². The number of unbranched alkanes of at least 4 members (excludes halogenated alkanes) is 3. The van der Waals surface area contributed by atoms with Crippen LogP contribution < -0.4 is 0 Å². The van der Waals surface area contributed by atoms with Gasteiger partial charge in [0.05, 0.1) is 0 Å². The topological polar surface area (TPSA) is 23.8 Å². The number of halogens is 2. The number of nitrogens with zero attached hydrogens (tertiary/aromatic N) is 1. The zero-order valence-electron chi connectivity index (χ0n) is 17.9. The Hall–Kier alpha value is -2.21. The fourth-order valence-corrected chi connectivity index (χ4v) is 5.76. The molecule has 0 bridgehead atoms. The molecule has 0 aliphatic heterocycles. The van der Waals surface area contributed by atoms with Gasteiger partial charge < -0.3 is 0 Å². The Morgan fingerprint density at radius 1 is 0.967 bits per heavy atom. The average Bonchev–Trinajstić information content (AvgIpc) is 2.76. The molecule has 0 N–H and O–H groups in total. The van der Waals surface area contributed by atoms with Crippen molar-refractivity contribution in [3.8, 4) is 17.2 Å². The first-order valence-corrected chi connectivity index (χ1v) is 11.6. The van der Waals surface area contributed by atoms with Gasteiger partial charge in [-0.1, -0.05) is 57.2 Å². The molecule has 0 radical (unpaired) electrons. The number of rotatable bonds is 6. The molecule has 1 fully saturated rings. The van der Waals surface area contributed by atoms with Crippen molar-refractivity contribution < 1.29 is 8.78 Å². The number of hydrogen-bond acceptors (Lipinski definition) is 1. The normalized spacial score (nSPS) is 22.8. The summed E-state index contributed by atoms with van der Waals surface area (Å²) in [6.07, 6.45) is 13.1. The van der Waals surface area contributed by atoms with Crippen LogP contribution in [0.4, 0.5) is 8.78 Å². The lowest BCUT2D eigenvalue weighted by molar-refractivity contribution is 0.199. The van der Waals surface area contributed by atoms with Crippen LogP contribution in [0, 0.1) is 34.8 Å². The van der Waals surface area contributed by atoms with Crippen molar-refractivity contribution >= 4 is 0 Å². The second kappa shape index (κ2) is 9.29. The summed E-state index contributed by atoms with van der Waals surface area (Å²) < 4.78 is 28.1. The van der Waals surface area contributed by atoms with E-state index in [9.17, 15) is 8.78 Å². The van der Waals surface area contributed by atoms with Crippen LogP contribution >= 0.6 is 0 Å². The van der Waals surface area contributed by atoms with Crippen LogP contribution in [-0.4, -0.2) is 0 Å². The van der Waals surface area contributed by atoms with E-state index in [4.69, 9.17) is 5.26 Å². The van der Waals surface area contributed by atoms with Crippen molar-refractivity contribution in [3.63, 3.8) is 0 Å². The van der Waals surface area contributed by atoms with E-state index in [0.29, 0.717) is 11.5 Å². The van der Waals surface area contributed by atoms with Crippen molar-refractivity contribution in [1.29, 1.82) is 5.26 Å². The molecule has 2 aromatic rings. The molecule has 0 saturated heterocycles. The largest absolute Gasteiger partial charge is 0.205 e. The van der Waals surface area contributed by atoms with Crippen molar-refractivity contribution in [1.82, 2.24) is 0 Å². The van der Waals surface area contributed by atoms with Gasteiger partial charge in [-0.2, -0.15) is 5.26 Å². The second-order valence-electron chi connectivity index (χ2n) is 9.27. The molecule has 2 aliphatic carbocycles. The van der Waals surface area contributed by atoms with E-state index >= 15 is 0 Å². The summed E-state index contributed by atoms with van der Waals surface area (Å²) in [6.45, 7) is 2.27. The van der Waals surface area contributed by atoms with Gasteiger partial charge in [-0.05, 0) is 84.2 Å². The maximum absolute atomic E-state index is 14.1. The van der Waals surface area contributed by atoms with E-state index in [1.165, 1.54) is 81.0 Å². The molecule has 4 rings (SSSR count).